The average molecular weight is 234 g/mol. The number of hydrogen-bond donors (Lipinski definition) is 2. The standard InChI is InChI=1S/C12H14N2O3/c1-12(2)7-13-11(17)14(12)9-5-3-8(4-6-9)10(15)16/h3-6H,7H2,1-2H3,(H,13,17)(H,15,16). The number of aromatic carboxylic acids is 1. The first-order valence-electron chi connectivity index (χ1n) is 5.33. The van der Waals surface area contributed by atoms with E-state index < -0.39 is 5.97 Å². The van der Waals surface area contributed by atoms with E-state index in [4.69, 9.17) is 5.11 Å². The normalized spacial score (nSPS) is 18.0. The van der Waals surface area contributed by atoms with Gasteiger partial charge < -0.3 is 10.4 Å². The summed E-state index contributed by atoms with van der Waals surface area (Å²) in [5.41, 5.74) is 0.614. The van der Waals surface area contributed by atoms with E-state index in [1.165, 1.54) is 12.1 Å². The van der Waals surface area contributed by atoms with Crippen molar-refractivity contribution in [2.24, 2.45) is 0 Å². The van der Waals surface area contributed by atoms with Crippen LogP contribution in [-0.2, 0) is 0 Å². The van der Waals surface area contributed by atoms with Crippen molar-refractivity contribution in [1.29, 1.82) is 0 Å². The van der Waals surface area contributed by atoms with E-state index in [1.807, 2.05) is 13.8 Å². The Morgan fingerprint density at radius 1 is 1.35 bits per heavy atom. The van der Waals surface area contributed by atoms with Gasteiger partial charge in [-0.25, -0.2) is 9.59 Å². The molecule has 0 spiro atoms. The molecule has 1 aliphatic heterocycles. The zero-order valence-corrected chi connectivity index (χ0v) is 9.73. The lowest BCUT2D eigenvalue weighted by atomic mass is 10.0. The smallest absolute Gasteiger partial charge is 0.335 e. The highest BCUT2D eigenvalue weighted by molar-refractivity contribution is 5.96. The van der Waals surface area contributed by atoms with Gasteiger partial charge in [-0.15, -0.1) is 0 Å². The van der Waals surface area contributed by atoms with Crippen molar-refractivity contribution < 1.29 is 14.7 Å². The van der Waals surface area contributed by atoms with Crippen LogP contribution in [0.25, 0.3) is 0 Å². The quantitative estimate of drug-likeness (QED) is 0.818. The fourth-order valence-electron chi connectivity index (χ4n) is 1.94. The van der Waals surface area contributed by atoms with Crippen LogP contribution in [-0.4, -0.2) is 29.2 Å². The average Bonchev–Trinajstić information content (AvgIpc) is 2.53. The molecule has 2 amide bonds. The van der Waals surface area contributed by atoms with Crippen LogP contribution in [0.15, 0.2) is 24.3 Å². The molecule has 1 saturated heterocycles. The van der Waals surface area contributed by atoms with Gasteiger partial charge in [-0.3, -0.25) is 4.90 Å². The lowest BCUT2D eigenvalue weighted by Crippen LogP contribution is -2.42. The molecule has 5 heteroatoms. The van der Waals surface area contributed by atoms with Crippen molar-refractivity contribution in [1.82, 2.24) is 5.32 Å². The summed E-state index contributed by atoms with van der Waals surface area (Å²) in [6, 6.07) is 6.14. The molecular weight excluding hydrogens is 220 g/mol. The Hall–Kier alpha value is -2.04. The summed E-state index contributed by atoms with van der Waals surface area (Å²) in [5, 5.41) is 11.6. The minimum Gasteiger partial charge on any atom is -0.478 e. The maximum atomic E-state index is 11.7. The van der Waals surface area contributed by atoms with Gasteiger partial charge in [-0.1, -0.05) is 0 Å². The van der Waals surface area contributed by atoms with E-state index in [9.17, 15) is 9.59 Å². The molecule has 2 rings (SSSR count). The summed E-state index contributed by atoms with van der Waals surface area (Å²) >= 11 is 0. The Kier molecular flexibility index (Phi) is 2.53. The number of amides is 2. The molecule has 90 valence electrons. The van der Waals surface area contributed by atoms with Gasteiger partial charge in [0.2, 0.25) is 0 Å². The summed E-state index contributed by atoms with van der Waals surface area (Å²) < 4.78 is 0. The first kappa shape index (κ1) is 11.4. The number of anilines is 1. The number of carboxylic acids is 1. The van der Waals surface area contributed by atoms with Crippen molar-refractivity contribution in [2.75, 3.05) is 11.4 Å². The number of urea groups is 1. The first-order chi connectivity index (χ1) is 7.92. The molecule has 1 aromatic carbocycles. The number of nitrogens with zero attached hydrogens (tertiary/aromatic N) is 1. The summed E-state index contributed by atoms with van der Waals surface area (Å²) in [7, 11) is 0. The first-order valence-corrected chi connectivity index (χ1v) is 5.33. The molecule has 1 heterocycles. The number of hydrogen-bond acceptors (Lipinski definition) is 2. The highest BCUT2D eigenvalue weighted by Gasteiger charge is 2.38. The maximum Gasteiger partial charge on any atom is 0.335 e. The third kappa shape index (κ3) is 1.95. The maximum absolute atomic E-state index is 11.7. The second-order valence-electron chi connectivity index (χ2n) is 4.66. The minimum absolute atomic E-state index is 0.155. The van der Waals surface area contributed by atoms with Crippen molar-refractivity contribution in [3.8, 4) is 0 Å². The number of carbonyl (C=O) groups excluding carboxylic acids is 1. The van der Waals surface area contributed by atoms with E-state index in [0.717, 1.165) is 0 Å². The topological polar surface area (TPSA) is 69.6 Å². The SMILES string of the molecule is CC1(C)CNC(=O)N1c1ccc(C(=O)O)cc1. The van der Waals surface area contributed by atoms with Crippen LogP contribution < -0.4 is 10.2 Å². The summed E-state index contributed by atoms with van der Waals surface area (Å²) in [4.78, 5) is 24.1. The summed E-state index contributed by atoms with van der Waals surface area (Å²) in [6.45, 7) is 4.48. The Morgan fingerprint density at radius 2 is 1.94 bits per heavy atom. The van der Waals surface area contributed by atoms with E-state index >= 15 is 0 Å². The van der Waals surface area contributed by atoms with E-state index in [-0.39, 0.29) is 17.1 Å². The third-order valence-electron chi connectivity index (χ3n) is 2.85. The fraction of sp³-hybridized carbons (Fsp3) is 0.333. The molecule has 0 bridgehead atoms. The highest BCUT2D eigenvalue weighted by Crippen LogP contribution is 2.27. The zero-order valence-electron chi connectivity index (χ0n) is 9.73. The highest BCUT2D eigenvalue weighted by atomic mass is 16.4. The molecule has 17 heavy (non-hydrogen) atoms. The molecule has 0 radical (unpaired) electrons. The minimum atomic E-state index is -0.971. The lowest BCUT2D eigenvalue weighted by Gasteiger charge is -2.29. The van der Waals surface area contributed by atoms with Crippen LogP contribution in [0.4, 0.5) is 10.5 Å². The zero-order chi connectivity index (χ0) is 12.6. The monoisotopic (exact) mass is 234 g/mol. The van der Waals surface area contributed by atoms with Crippen LogP contribution in [0.3, 0.4) is 0 Å². The van der Waals surface area contributed by atoms with Crippen LogP contribution in [0.5, 0.6) is 0 Å². The predicted octanol–water partition coefficient (Wildman–Crippen LogP) is 1.69. The molecule has 0 saturated carbocycles. The second-order valence-corrected chi connectivity index (χ2v) is 4.66. The van der Waals surface area contributed by atoms with Crippen LogP contribution in [0, 0.1) is 0 Å². The van der Waals surface area contributed by atoms with E-state index in [1.54, 1.807) is 17.0 Å². The van der Waals surface area contributed by atoms with E-state index in [2.05, 4.69) is 5.32 Å². The van der Waals surface area contributed by atoms with Crippen molar-refractivity contribution >= 4 is 17.7 Å². The Bertz CT molecular complexity index is 465. The van der Waals surface area contributed by atoms with Crippen molar-refractivity contribution in [3.05, 3.63) is 29.8 Å². The van der Waals surface area contributed by atoms with Crippen LogP contribution >= 0.6 is 0 Å². The molecule has 0 unspecified atom stereocenters. The van der Waals surface area contributed by atoms with E-state index in [0.29, 0.717) is 12.2 Å². The largest absolute Gasteiger partial charge is 0.478 e. The van der Waals surface area contributed by atoms with Gasteiger partial charge in [0.15, 0.2) is 0 Å². The number of rotatable bonds is 2. The molecule has 5 nitrogen and oxygen atoms in total. The predicted molar refractivity (Wildman–Crippen MR) is 63.4 cm³/mol. The molecule has 0 atom stereocenters. The molecule has 0 aliphatic carbocycles. The number of benzene rings is 1. The molecule has 1 fully saturated rings. The van der Waals surface area contributed by atoms with Crippen LogP contribution in [0.1, 0.15) is 24.2 Å². The summed E-state index contributed by atoms with van der Waals surface area (Å²) in [6.07, 6.45) is 0. The lowest BCUT2D eigenvalue weighted by molar-refractivity contribution is 0.0697. The Balaban J connectivity index is 2.34. The van der Waals surface area contributed by atoms with Gasteiger partial charge in [0.1, 0.15) is 0 Å². The third-order valence-corrected chi connectivity index (χ3v) is 2.85. The van der Waals surface area contributed by atoms with Crippen molar-refractivity contribution in [3.63, 3.8) is 0 Å². The van der Waals surface area contributed by atoms with Gasteiger partial charge in [0, 0.05) is 12.2 Å². The van der Waals surface area contributed by atoms with Gasteiger partial charge in [0.05, 0.1) is 11.1 Å². The van der Waals surface area contributed by atoms with Crippen molar-refractivity contribution in [2.45, 2.75) is 19.4 Å². The van der Waals surface area contributed by atoms with Crippen LogP contribution in [0.2, 0.25) is 0 Å². The van der Waals surface area contributed by atoms with Gasteiger partial charge in [-0.05, 0) is 38.1 Å². The van der Waals surface area contributed by atoms with Gasteiger partial charge >= 0.3 is 12.0 Å². The Morgan fingerprint density at radius 3 is 2.35 bits per heavy atom. The second kappa shape index (κ2) is 3.76. The summed E-state index contributed by atoms with van der Waals surface area (Å²) in [5.74, 6) is -0.971. The number of carboxylic acid groups (broad SMARTS) is 1. The number of nitrogens with one attached hydrogen (secondary N) is 1. The van der Waals surface area contributed by atoms with Gasteiger partial charge in [0.25, 0.3) is 0 Å². The fourth-order valence-corrected chi connectivity index (χ4v) is 1.94. The van der Waals surface area contributed by atoms with Gasteiger partial charge in [-0.2, -0.15) is 0 Å². The molecule has 1 aliphatic rings. The molecule has 2 N–H and O–H groups in total. The molecule has 1 aromatic rings. The number of carbonyl (C=O) groups is 2. The molecule has 0 aromatic heterocycles. The molecular formula is C12H14N2O3. The Labute approximate surface area is 99.0 Å².